The van der Waals surface area contributed by atoms with Crippen molar-refractivity contribution in [2.75, 3.05) is 19.8 Å². The average molecular weight is 333 g/mol. The lowest BCUT2D eigenvalue weighted by Crippen LogP contribution is -2.25. The van der Waals surface area contributed by atoms with Crippen molar-refractivity contribution < 1.29 is 18.4 Å². The zero-order chi connectivity index (χ0) is 16.5. The van der Waals surface area contributed by atoms with E-state index in [1.807, 2.05) is 24.3 Å². The molecular formula is C17H20NO4P. The van der Waals surface area contributed by atoms with E-state index in [9.17, 15) is 9.36 Å². The first-order valence-electron chi connectivity index (χ1n) is 7.36. The van der Waals surface area contributed by atoms with Gasteiger partial charge in [-0.1, -0.05) is 36.4 Å². The van der Waals surface area contributed by atoms with Crippen molar-refractivity contribution in [3.05, 3.63) is 66.2 Å². The Kier molecular flexibility index (Phi) is 6.39. The van der Waals surface area contributed by atoms with E-state index < -0.39 is 7.60 Å². The Morgan fingerprint density at radius 2 is 1.65 bits per heavy atom. The lowest BCUT2D eigenvalue weighted by molar-refractivity contribution is 0.0953. The SMILES string of the molecule is COP(=O)(CCCNC(=O)c1ccccc1)Oc1ccccc1. The van der Waals surface area contributed by atoms with Gasteiger partial charge >= 0.3 is 7.60 Å². The first kappa shape index (κ1) is 17.3. The summed E-state index contributed by atoms with van der Waals surface area (Å²) in [7, 11) is -1.84. The van der Waals surface area contributed by atoms with E-state index in [-0.39, 0.29) is 12.1 Å². The average Bonchev–Trinajstić information content (AvgIpc) is 2.60. The van der Waals surface area contributed by atoms with Crippen molar-refractivity contribution in [1.29, 1.82) is 0 Å². The number of rotatable bonds is 8. The van der Waals surface area contributed by atoms with Gasteiger partial charge in [-0.25, -0.2) is 4.57 Å². The van der Waals surface area contributed by atoms with Gasteiger partial charge in [0.1, 0.15) is 5.75 Å². The van der Waals surface area contributed by atoms with Crippen LogP contribution in [0, 0.1) is 0 Å². The summed E-state index contributed by atoms with van der Waals surface area (Å²) in [5.74, 6) is 0.354. The lowest BCUT2D eigenvalue weighted by atomic mass is 10.2. The van der Waals surface area contributed by atoms with Gasteiger partial charge < -0.3 is 14.4 Å². The van der Waals surface area contributed by atoms with E-state index in [0.29, 0.717) is 24.3 Å². The van der Waals surface area contributed by atoms with Crippen molar-refractivity contribution in [3.8, 4) is 5.75 Å². The molecular weight excluding hydrogens is 313 g/mol. The fourth-order valence-electron chi connectivity index (χ4n) is 1.98. The summed E-state index contributed by atoms with van der Waals surface area (Å²) in [6.07, 6.45) is 0.726. The fourth-order valence-corrected chi connectivity index (χ4v) is 3.32. The minimum Gasteiger partial charge on any atom is -0.424 e. The van der Waals surface area contributed by atoms with Crippen LogP contribution < -0.4 is 9.84 Å². The number of nitrogens with one attached hydrogen (secondary N) is 1. The van der Waals surface area contributed by atoms with Gasteiger partial charge in [0.15, 0.2) is 0 Å². The highest BCUT2D eigenvalue weighted by atomic mass is 31.2. The molecule has 0 aliphatic carbocycles. The van der Waals surface area contributed by atoms with E-state index in [1.54, 1.807) is 36.4 Å². The van der Waals surface area contributed by atoms with E-state index in [4.69, 9.17) is 9.05 Å². The Morgan fingerprint density at radius 3 is 2.26 bits per heavy atom. The molecule has 0 spiro atoms. The zero-order valence-electron chi connectivity index (χ0n) is 13.0. The minimum absolute atomic E-state index is 0.151. The summed E-state index contributed by atoms with van der Waals surface area (Å²) in [6.45, 7) is 0.402. The molecule has 0 fully saturated rings. The number of amides is 1. The smallest absolute Gasteiger partial charge is 0.378 e. The maximum atomic E-state index is 12.5. The van der Waals surface area contributed by atoms with Crippen molar-refractivity contribution in [2.45, 2.75) is 6.42 Å². The largest absolute Gasteiger partial charge is 0.424 e. The second kappa shape index (κ2) is 8.51. The first-order valence-corrected chi connectivity index (χ1v) is 9.08. The summed E-state index contributed by atoms with van der Waals surface area (Å²) in [5.41, 5.74) is 0.600. The zero-order valence-corrected chi connectivity index (χ0v) is 13.9. The quantitative estimate of drug-likeness (QED) is 0.590. The van der Waals surface area contributed by atoms with E-state index in [2.05, 4.69) is 5.32 Å². The van der Waals surface area contributed by atoms with Crippen LogP contribution in [0.15, 0.2) is 60.7 Å². The summed E-state index contributed by atoms with van der Waals surface area (Å²) < 4.78 is 23.0. The first-order chi connectivity index (χ1) is 11.1. The van der Waals surface area contributed by atoms with Crippen LogP contribution in [0.4, 0.5) is 0 Å². The Balaban J connectivity index is 1.79. The molecule has 1 atom stereocenters. The topological polar surface area (TPSA) is 64.6 Å². The number of hydrogen-bond acceptors (Lipinski definition) is 4. The van der Waals surface area contributed by atoms with Crippen LogP contribution in [0.25, 0.3) is 0 Å². The Bertz CT molecular complexity index is 661. The van der Waals surface area contributed by atoms with Gasteiger partial charge in [-0.05, 0) is 30.7 Å². The molecule has 0 saturated heterocycles. The molecule has 0 aliphatic rings. The van der Waals surface area contributed by atoms with Gasteiger partial charge in [0, 0.05) is 19.2 Å². The third-order valence-corrected chi connectivity index (χ3v) is 5.11. The highest BCUT2D eigenvalue weighted by Crippen LogP contribution is 2.47. The van der Waals surface area contributed by atoms with Crippen LogP contribution in [-0.2, 0) is 9.09 Å². The van der Waals surface area contributed by atoms with Crippen LogP contribution >= 0.6 is 7.60 Å². The molecule has 0 radical (unpaired) electrons. The second-order valence-electron chi connectivity index (χ2n) is 4.90. The molecule has 122 valence electrons. The number of hydrogen-bond donors (Lipinski definition) is 1. The van der Waals surface area contributed by atoms with Crippen LogP contribution in [0.3, 0.4) is 0 Å². The predicted molar refractivity (Wildman–Crippen MR) is 89.9 cm³/mol. The molecule has 6 heteroatoms. The van der Waals surface area contributed by atoms with Gasteiger partial charge in [-0.2, -0.15) is 0 Å². The van der Waals surface area contributed by atoms with Crippen LogP contribution in [0.2, 0.25) is 0 Å². The van der Waals surface area contributed by atoms with Crippen molar-refractivity contribution in [3.63, 3.8) is 0 Å². The van der Waals surface area contributed by atoms with E-state index in [0.717, 1.165) is 0 Å². The molecule has 1 amide bonds. The molecule has 1 unspecified atom stereocenters. The van der Waals surface area contributed by atoms with Crippen molar-refractivity contribution >= 4 is 13.5 Å². The minimum atomic E-state index is -3.21. The van der Waals surface area contributed by atoms with Gasteiger partial charge in [-0.15, -0.1) is 0 Å². The number of benzene rings is 2. The van der Waals surface area contributed by atoms with Crippen LogP contribution in [0.1, 0.15) is 16.8 Å². The number of para-hydroxylation sites is 1. The highest BCUT2D eigenvalue weighted by molar-refractivity contribution is 7.54. The third-order valence-electron chi connectivity index (χ3n) is 3.20. The molecule has 0 heterocycles. The fraction of sp³-hybridized carbons (Fsp3) is 0.235. The predicted octanol–water partition coefficient (Wildman–Crippen LogP) is 3.73. The number of carbonyl (C=O) groups is 1. The van der Waals surface area contributed by atoms with Gasteiger partial charge in [0.2, 0.25) is 0 Å². The molecule has 2 rings (SSSR count). The van der Waals surface area contributed by atoms with Crippen molar-refractivity contribution in [1.82, 2.24) is 5.32 Å². The molecule has 0 aromatic heterocycles. The monoisotopic (exact) mass is 333 g/mol. The summed E-state index contributed by atoms with van der Waals surface area (Å²) in [5, 5.41) is 2.79. The Labute approximate surface area is 136 Å². The van der Waals surface area contributed by atoms with Gasteiger partial charge in [-0.3, -0.25) is 4.79 Å². The van der Waals surface area contributed by atoms with E-state index in [1.165, 1.54) is 7.11 Å². The molecule has 2 aromatic rings. The normalized spacial score (nSPS) is 13.1. The molecule has 5 nitrogen and oxygen atoms in total. The lowest BCUT2D eigenvalue weighted by Gasteiger charge is -2.17. The summed E-state index contributed by atoms with van der Waals surface area (Å²) in [6, 6.07) is 17.9. The molecule has 0 bridgehead atoms. The summed E-state index contributed by atoms with van der Waals surface area (Å²) in [4.78, 5) is 11.9. The molecule has 2 aromatic carbocycles. The standard InChI is InChI=1S/C17H20NO4P/c1-21-23(20,22-16-11-6-3-7-12-16)14-8-13-18-17(19)15-9-4-2-5-10-15/h2-7,9-12H,8,13-14H2,1H3,(H,18,19). The van der Waals surface area contributed by atoms with Gasteiger partial charge in [0.05, 0.1) is 6.16 Å². The summed E-state index contributed by atoms with van der Waals surface area (Å²) >= 11 is 0. The third kappa shape index (κ3) is 5.55. The van der Waals surface area contributed by atoms with Crippen LogP contribution in [-0.4, -0.2) is 25.7 Å². The van der Waals surface area contributed by atoms with Gasteiger partial charge in [0.25, 0.3) is 5.91 Å². The molecule has 1 N–H and O–H groups in total. The molecule has 0 saturated carbocycles. The molecule has 23 heavy (non-hydrogen) atoms. The molecule has 0 aliphatic heterocycles. The second-order valence-corrected chi connectivity index (χ2v) is 7.11. The van der Waals surface area contributed by atoms with E-state index >= 15 is 0 Å². The van der Waals surface area contributed by atoms with Crippen LogP contribution in [0.5, 0.6) is 5.75 Å². The highest BCUT2D eigenvalue weighted by Gasteiger charge is 2.24. The maximum Gasteiger partial charge on any atom is 0.378 e. The van der Waals surface area contributed by atoms with Crippen molar-refractivity contribution in [2.24, 2.45) is 0 Å². The Hall–Kier alpha value is -2.10. The Morgan fingerprint density at radius 1 is 1.04 bits per heavy atom. The maximum absolute atomic E-state index is 12.5. The number of carbonyl (C=O) groups excluding carboxylic acids is 1.